The number of ketones is 1. The summed E-state index contributed by atoms with van der Waals surface area (Å²) in [6.45, 7) is 7.46. The average Bonchev–Trinajstić information content (AvgIpc) is 1.79. The molecule has 0 saturated heterocycles. The van der Waals surface area contributed by atoms with Crippen LogP contribution in [0.5, 0.6) is 0 Å². The number of halogens is 3. The zero-order chi connectivity index (χ0) is 11.6. The van der Waals surface area contributed by atoms with E-state index in [0.29, 0.717) is 6.42 Å². The Balaban J connectivity index is 4.54. The van der Waals surface area contributed by atoms with Gasteiger partial charge in [-0.2, -0.15) is 0 Å². The van der Waals surface area contributed by atoms with Crippen LogP contribution in [0.4, 0.5) is 0 Å². The molecule has 0 radical (unpaired) electrons. The SMILES string of the molecule is CC(C)=CC(=O)C[C](C)(C)[Sn]([Cl])([Cl])[Cl]. The Hall–Kier alpha value is 1.08. The summed E-state index contributed by atoms with van der Waals surface area (Å²) in [7, 11) is 17.9. The molecule has 1 nitrogen and oxygen atoms in total. The van der Waals surface area contributed by atoms with E-state index in [1.165, 1.54) is 0 Å². The number of allylic oxidation sites excluding steroid dienone is 2. The molecule has 0 aromatic rings. The summed E-state index contributed by atoms with van der Waals surface area (Å²) in [4.78, 5) is 11.5. The second kappa shape index (κ2) is 5.42. The van der Waals surface area contributed by atoms with E-state index in [9.17, 15) is 4.79 Å². The Morgan fingerprint density at radius 2 is 1.71 bits per heavy atom. The topological polar surface area (TPSA) is 17.1 Å². The first-order valence-corrected chi connectivity index (χ1v) is 16.6. The molecule has 0 fully saturated rings. The molecule has 82 valence electrons. The maximum atomic E-state index is 11.5. The first-order valence-electron chi connectivity index (χ1n) is 4.31. The third-order valence-corrected chi connectivity index (χ3v) is 17.0. The minimum absolute atomic E-state index is 0.0398. The molecule has 0 heterocycles. The Morgan fingerprint density at radius 3 is 2.00 bits per heavy atom. The van der Waals surface area contributed by atoms with Gasteiger partial charge in [0.2, 0.25) is 0 Å². The normalized spacial score (nSPS) is 12.5. The van der Waals surface area contributed by atoms with Crippen molar-refractivity contribution in [3.8, 4) is 0 Å². The molecular formula is C9H15Cl3OSn. The van der Waals surface area contributed by atoms with Crippen LogP contribution in [0.15, 0.2) is 11.6 Å². The van der Waals surface area contributed by atoms with Gasteiger partial charge in [0.15, 0.2) is 0 Å². The molecule has 5 heteroatoms. The zero-order valence-electron chi connectivity index (χ0n) is 8.83. The number of rotatable bonds is 4. The molecule has 0 saturated carbocycles. The van der Waals surface area contributed by atoms with Crippen molar-refractivity contribution in [3.63, 3.8) is 0 Å². The van der Waals surface area contributed by atoms with Crippen molar-refractivity contribution in [1.82, 2.24) is 0 Å². The summed E-state index contributed by atoms with van der Waals surface area (Å²) in [6.07, 6.45) is 1.93. The molecule has 0 N–H and O–H groups in total. The summed E-state index contributed by atoms with van der Waals surface area (Å²) in [6, 6.07) is 0. The van der Waals surface area contributed by atoms with E-state index >= 15 is 0 Å². The molecule has 0 rings (SSSR count). The van der Waals surface area contributed by atoms with Gasteiger partial charge in [0, 0.05) is 0 Å². The molecule has 14 heavy (non-hydrogen) atoms. The molecular weight excluding hydrogens is 349 g/mol. The van der Waals surface area contributed by atoms with Gasteiger partial charge in [0.1, 0.15) is 0 Å². The van der Waals surface area contributed by atoms with Crippen molar-refractivity contribution in [2.45, 2.75) is 37.5 Å². The summed E-state index contributed by atoms with van der Waals surface area (Å²) in [5, 5.41) is 0. The fourth-order valence-corrected chi connectivity index (χ4v) is 3.32. The van der Waals surface area contributed by atoms with Crippen LogP contribution in [-0.2, 0) is 4.79 Å². The number of hydrogen-bond acceptors (Lipinski definition) is 1. The van der Waals surface area contributed by atoms with E-state index in [0.717, 1.165) is 5.57 Å². The Morgan fingerprint density at radius 1 is 1.29 bits per heavy atom. The number of carbonyl (C=O) groups excluding carboxylic acids is 1. The first kappa shape index (κ1) is 15.1. The molecule has 0 bridgehead atoms. The fraction of sp³-hybridized carbons (Fsp3) is 0.667. The van der Waals surface area contributed by atoms with Gasteiger partial charge < -0.3 is 0 Å². The Labute approximate surface area is 101 Å². The molecule has 0 aliphatic carbocycles. The van der Waals surface area contributed by atoms with Crippen molar-refractivity contribution in [3.05, 3.63) is 11.6 Å². The van der Waals surface area contributed by atoms with E-state index in [4.69, 9.17) is 26.8 Å². The van der Waals surface area contributed by atoms with Crippen molar-refractivity contribution in [2.24, 2.45) is 0 Å². The molecule has 0 aliphatic heterocycles. The fourth-order valence-electron chi connectivity index (χ4n) is 0.909. The second-order valence-corrected chi connectivity index (χ2v) is 26.3. The van der Waals surface area contributed by atoms with Gasteiger partial charge >= 0.3 is 102 Å². The van der Waals surface area contributed by atoms with E-state index in [-0.39, 0.29) is 5.78 Å². The van der Waals surface area contributed by atoms with E-state index < -0.39 is 18.4 Å². The predicted octanol–water partition coefficient (Wildman–Crippen LogP) is 4.35. The van der Waals surface area contributed by atoms with Crippen LogP contribution in [0, 0.1) is 0 Å². The third-order valence-electron chi connectivity index (χ3n) is 1.83. The minimum atomic E-state index is -3.56. The molecule has 0 atom stereocenters. The molecule has 0 aromatic carbocycles. The van der Waals surface area contributed by atoms with E-state index in [1.807, 2.05) is 27.7 Å². The van der Waals surface area contributed by atoms with Crippen molar-refractivity contribution in [2.75, 3.05) is 0 Å². The summed E-state index contributed by atoms with van der Waals surface area (Å²) < 4.78 is -0.442. The van der Waals surface area contributed by atoms with Gasteiger partial charge in [-0.3, -0.25) is 0 Å². The predicted molar refractivity (Wildman–Crippen MR) is 66.4 cm³/mol. The average molecular weight is 364 g/mol. The zero-order valence-corrected chi connectivity index (χ0v) is 13.9. The number of hydrogen-bond donors (Lipinski definition) is 0. The quantitative estimate of drug-likeness (QED) is 0.536. The van der Waals surface area contributed by atoms with Gasteiger partial charge in [0.05, 0.1) is 0 Å². The van der Waals surface area contributed by atoms with Gasteiger partial charge in [-0.15, -0.1) is 0 Å². The summed E-state index contributed by atoms with van der Waals surface area (Å²) in [5.74, 6) is 0.0398. The summed E-state index contributed by atoms with van der Waals surface area (Å²) in [5.41, 5.74) is 0.977. The van der Waals surface area contributed by atoms with Gasteiger partial charge in [-0.1, -0.05) is 0 Å². The van der Waals surface area contributed by atoms with Crippen LogP contribution < -0.4 is 0 Å². The van der Waals surface area contributed by atoms with Crippen molar-refractivity contribution in [1.29, 1.82) is 0 Å². The van der Waals surface area contributed by atoms with Crippen LogP contribution in [0.3, 0.4) is 0 Å². The monoisotopic (exact) mass is 364 g/mol. The Bertz CT molecular complexity index is 249. The van der Waals surface area contributed by atoms with Crippen LogP contribution in [0.1, 0.15) is 34.1 Å². The van der Waals surface area contributed by atoms with Crippen LogP contribution in [-0.4, -0.2) is 20.8 Å². The molecule has 0 amide bonds. The molecule has 0 unspecified atom stereocenters. The Kier molecular flexibility index (Phi) is 5.84. The van der Waals surface area contributed by atoms with E-state index in [2.05, 4.69) is 0 Å². The van der Waals surface area contributed by atoms with Crippen molar-refractivity contribution >= 4 is 47.5 Å². The van der Waals surface area contributed by atoms with Crippen molar-refractivity contribution < 1.29 is 4.79 Å². The molecule has 0 aliphatic rings. The second-order valence-electron chi connectivity index (χ2n) is 4.25. The van der Waals surface area contributed by atoms with Crippen LogP contribution in [0.2, 0.25) is 3.43 Å². The van der Waals surface area contributed by atoms with Crippen LogP contribution in [0.25, 0.3) is 0 Å². The summed E-state index contributed by atoms with van der Waals surface area (Å²) >= 11 is -3.56. The maximum absolute atomic E-state index is 11.5. The van der Waals surface area contributed by atoms with Gasteiger partial charge in [-0.25, -0.2) is 0 Å². The third kappa shape index (κ3) is 5.24. The van der Waals surface area contributed by atoms with Crippen LogP contribution >= 0.6 is 26.8 Å². The molecule has 0 spiro atoms. The molecule has 0 aromatic heterocycles. The van der Waals surface area contributed by atoms with Gasteiger partial charge in [0.25, 0.3) is 0 Å². The standard InChI is InChI=1S/C9H15O.3ClH.Sn/c1-7(2)5-9(10)6-8(3)4;;;;/h5H,6H2,1-4H3;3*1H;/q;;;;+3/p-3. The van der Waals surface area contributed by atoms with E-state index in [1.54, 1.807) is 6.08 Å². The van der Waals surface area contributed by atoms with Gasteiger partial charge in [-0.05, 0) is 0 Å². The first-order chi connectivity index (χ1) is 6.06. The number of carbonyl (C=O) groups is 1.